The van der Waals surface area contributed by atoms with Gasteiger partial charge in [0.1, 0.15) is 0 Å². The van der Waals surface area contributed by atoms with Crippen molar-refractivity contribution in [3.63, 3.8) is 0 Å². The number of nitrogens with zero attached hydrogens (tertiary/aromatic N) is 3. The Balaban J connectivity index is 2.36. The van der Waals surface area contributed by atoms with Gasteiger partial charge in [0.2, 0.25) is 0 Å². The summed E-state index contributed by atoms with van der Waals surface area (Å²) < 4.78 is 40.0. The molecule has 0 aliphatic rings. The Morgan fingerprint density at radius 1 is 1.30 bits per heavy atom. The van der Waals surface area contributed by atoms with Crippen molar-refractivity contribution in [2.24, 2.45) is 0 Å². The van der Waals surface area contributed by atoms with Gasteiger partial charge in [-0.25, -0.2) is 4.68 Å². The number of aliphatic carboxylic acids is 1. The number of benzene rings is 1. The summed E-state index contributed by atoms with van der Waals surface area (Å²) in [4.78, 5) is 25.0. The predicted octanol–water partition coefficient (Wildman–Crippen LogP) is 3.52. The van der Waals surface area contributed by atoms with E-state index >= 15 is 0 Å². The minimum Gasteiger partial charge on any atom is -0.481 e. The number of aromatic nitrogens is 2. The highest BCUT2D eigenvalue weighted by molar-refractivity contribution is 5.95. The van der Waals surface area contributed by atoms with Gasteiger partial charge in [-0.2, -0.15) is 18.3 Å². The van der Waals surface area contributed by atoms with Gasteiger partial charge in [-0.05, 0) is 39.0 Å². The summed E-state index contributed by atoms with van der Waals surface area (Å²) >= 11 is 0. The van der Waals surface area contributed by atoms with Gasteiger partial charge in [-0.1, -0.05) is 6.07 Å². The van der Waals surface area contributed by atoms with Crippen molar-refractivity contribution in [1.29, 1.82) is 0 Å². The third kappa shape index (κ3) is 4.66. The molecule has 6 nitrogen and oxygen atoms in total. The van der Waals surface area contributed by atoms with Crippen LogP contribution in [0.15, 0.2) is 30.5 Å². The number of hydrogen-bond donors (Lipinski definition) is 1. The summed E-state index contributed by atoms with van der Waals surface area (Å²) in [5.74, 6) is -1.44. The second kappa shape index (κ2) is 7.81. The van der Waals surface area contributed by atoms with Crippen LogP contribution in [0, 0.1) is 6.92 Å². The smallest absolute Gasteiger partial charge is 0.416 e. The van der Waals surface area contributed by atoms with Crippen LogP contribution in [0.4, 0.5) is 13.2 Å². The first-order valence-corrected chi connectivity index (χ1v) is 8.27. The second-order valence-corrected chi connectivity index (χ2v) is 6.34. The molecule has 2 aromatic rings. The average Bonchev–Trinajstić information content (AvgIpc) is 2.95. The van der Waals surface area contributed by atoms with Crippen LogP contribution < -0.4 is 0 Å². The molecule has 146 valence electrons. The molecule has 1 heterocycles. The first kappa shape index (κ1) is 20.5. The van der Waals surface area contributed by atoms with Crippen LogP contribution in [0.3, 0.4) is 0 Å². The van der Waals surface area contributed by atoms with E-state index in [1.807, 2.05) is 0 Å². The molecule has 1 aromatic heterocycles. The van der Waals surface area contributed by atoms with Crippen molar-refractivity contribution >= 4 is 11.9 Å². The standard InChI is InChI=1S/C18H20F3N3O3/c1-11(2)23(8-7-16(25)26)17(27)15-10-22-24(12(15)3)14-6-4-5-13(9-14)18(19,20)21/h4-6,9-11H,7-8H2,1-3H3,(H,25,26). The zero-order valence-corrected chi connectivity index (χ0v) is 15.1. The molecule has 1 aromatic carbocycles. The highest BCUT2D eigenvalue weighted by Crippen LogP contribution is 2.30. The van der Waals surface area contributed by atoms with Crippen molar-refractivity contribution in [3.05, 3.63) is 47.3 Å². The lowest BCUT2D eigenvalue weighted by molar-refractivity contribution is -0.138. The molecule has 27 heavy (non-hydrogen) atoms. The van der Waals surface area contributed by atoms with Crippen molar-refractivity contribution in [2.75, 3.05) is 6.54 Å². The topological polar surface area (TPSA) is 75.4 Å². The number of carbonyl (C=O) groups excluding carboxylic acids is 1. The molecule has 1 amide bonds. The molecule has 0 saturated carbocycles. The first-order chi connectivity index (χ1) is 12.5. The lowest BCUT2D eigenvalue weighted by Crippen LogP contribution is -2.38. The van der Waals surface area contributed by atoms with Gasteiger partial charge in [-0.15, -0.1) is 0 Å². The molecule has 0 aliphatic carbocycles. The van der Waals surface area contributed by atoms with E-state index in [9.17, 15) is 22.8 Å². The number of carboxylic acids is 1. The van der Waals surface area contributed by atoms with Gasteiger partial charge in [0.15, 0.2) is 0 Å². The molecule has 0 saturated heterocycles. The number of carboxylic acid groups (broad SMARTS) is 1. The highest BCUT2D eigenvalue weighted by Gasteiger charge is 2.31. The minimum absolute atomic E-state index is 0.0278. The molecule has 0 aliphatic heterocycles. The highest BCUT2D eigenvalue weighted by atomic mass is 19.4. The molecular weight excluding hydrogens is 363 g/mol. The van der Waals surface area contributed by atoms with Crippen molar-refractivity contribution < 1.29 is 27.9 Å². The maximum atomic E-state index is 12.9. The van der Waals surface area contributed by atoms with Crippen LogP contribution in [0.1, 0.15) is 41.9 Å². The molecule has 0 spiro atoms. The summed E-state index contributed by atoms with van der Waals surface area (Å²) in [6.07, 6.45) is -3.40. The Morgan fingerprint density at radius 3 is 2.52 bits per heavy atom. The number of halogens is 3. The average molecular weight is 383 g/mol. The maximum Gasteiger partial charge on any atom is 0.416 e. The van der Waals surface area contributed by atoms with Crippen LogP contribution in [0.5, 0.6) is 0 Å². The first-order valence-electron chi connectivity index (χ1n) is 8.27. The van der Waals surface area contributed by atoms with Crippen LogP contribution >= 0.6 is 0 Å². The fraction of sp³-hybridized carbons (Fsp3) is 0.389. The summed E-state index contributed by atoms with van der Waals surface area (Å²) in [5, 5.41) is 12.9. The Morgan fingerprint density at radius 2 is 1.96 bits per heavy atom. The number of rotatable bonds is 6. The lowest BCUT2D eigenvalue weighted by Gasteiger charge is -2.26. The van der Waals surface area contributed by atoms with Crippen LogP contribution in [-0.2, 0) is 11.0 Å². The van der Waals surface area contributed by atoms with E-state index in [4.69, 9.17) is 5.11 Å². The van der Waals surface area contributed by atoms with Gasteiger partial charge >= 0.3 is 12.1 Å². The quantitative estimate of drug-likeness (QED) is 0.828. The Hall–Kier alpha value is -2.84. The van der Waals surface area contributed by atoms with Gasteiger partial charge in [0.05, 0.1) is 35.1 Å². The van der Waals surface area contributed by atoms with E-state index in [1.54, 1.807) is 20.8 Å². The van der Waals surface area contributed by atoms with Gasteiger partial charge < -0.3 is 10.0 Å². The fourth-order valence-electron chi connectivity index (χ4n) is 2.66. The third-order valence-corrected chi connectivity index (χ3v) is 4.11. The number of amides is 1. The normalized spacial score (nSPS) is 11.7. The summed E-state index contributed by atoms with van der Waals surface area (Å²) in [5.41, 5.74) is -0.0390. The monoisotopic (exact) mass is 383 g/mol. The second-order valence-electron chi connectivity index (χ2n) is 6.34. The van der Waals surface area contributed by atoms with Crippen molar-refractivity contribution in [1.82, 2.24) is 14.7 Å². The van der Waals surface area contributed by atoms with Crippen molar-refractivity contribution in [3.8, 4) is 5.69 Å². The van der Waals surface area contributed by atoms with Crippen LogP contribution in [0.2, 0.25) is 0 Å². The Labute approximate surface area is 154 Å². The van der Waals surface area contributed by atoms with Crippen molar-refractivity contribution in [2.45, 2.75) is 39.4 Å². The Bertz CT molecular complexity index is 844. The van der Waals surface area contributed by atoms with E-state index in [1.165, 1.54) is 27.9 Å². The SMILES string of the molecule is Cc1c(C(=O)N(CCC(=O)O)C(C)C)cnn1-c1cccc(C(F)(F)F)c1. The fourth-order valence-corrected chi connectivity index (χ4v) is 2.66. The van der Waals surface area contributed by atoms with E-state index in [0.717, 1.165) is 12.1 Å². The van der Waals surface area contributed by atoms with E-state index < -0.39 is 23.6 Å². The Kier molecular flexibility index (Phi) is 5.92. The van der Waals surface area contributed by atoms with Gasteiger partial charge in [-0.3, -0.25) is 9.59 Å². The summed E-state index contributed by atoms with van der Waals surface area (Å²) in [6, 6.07) is 4.41. The number of hydrogen-bond acceptors (Lipinski definition) is 3. The molecular formula is C18H20F3N3O3. The zero-order chi connectivity index (χ0) is 20.4. The zero-order valence-electron chi connectivity index (χ0n) is 15.1. The third-order valence-electron chi connectivity index (χ3n) is 4.11. The molecule has 0 fully saturated rings. The summed E-state index contributed by atoms with van der Waals surface area (Å²) in [7, 11) is 0. The van der Waals surface area contributed by atoms with E-state index in [0.29, 0.717) is 5.69 Å². The van der Waals surface area contributed by atoms with Crippen LogP contribution in [0.25, 0.3) is 5.69 Å². The van der Waals surface area contributed by atoms with Gasteiger partial charge in [0, 0.05) is 12.6 Å². The molecule has 0 radical (unpaired) electrons. The molecule has 0 unspecified atom stereocenters. The minimum atomic E-state index is -4.49. The van der Waals surface area contributed by atoms with E-state index in [2.05, 4.69) is 5.10 Å². The predicted molar refractivity (Wildman–Crippen MR) is 91.7 cm³/mol. The molecule has 9 heteroatoms. The van der Waals surface area contributed by atoms with Crippen LogP contribution in [-0.4, -0.2) is 44.3 Å². The van der Waals surface area contributed by atoms with E-state index in [-0.39, 0.29) is 30.3 Å². The summed E-state index contributed by atoms with van der Waals surface area (Å²) in [6.45, 7) is 5.12. The molecule has 1 N–H and O–H groups in total. The lowest BCUT2D eigenvalue weighted by atomic mass is 10.1. The number of carbonyl (C=O) groups is 2. The van der Waals surface area contributed by atoms with Gasteiger partial charge in [0.25, 0.3) is 5.91 Å². The molecule has 2 rings (SSSR count). The largest absolute Gasteiger partial charge is 0.481 e. The maximum absolute atomic E-state index is 12.9. The molecule has 0 bridgehead atoms. The number of alkyl halides is 3. The molecule has 0 atom stereocenters.